The van der Waals surface area contributed by atoms with Crippen molar-refractivity contribution in [3.8, 4) is 55.6 Å². The molecule has 64 heavy (non-hydrogen) atoms. The molecule has 0 amide bonds. The number of benzene rings is 10. The zero-order valence-electron chi connectivity index (χ0n) is 35.3. The molecule has 0 radical (unpaired) electrons. The molecule has 2 heteroatoms. The fraction of sp³-hybridized carbons (Fsp3) is 0.0323. The number of hydrogen-bond donors (Lipinski definition) is 0. The van der Waals surface area contributed by atoms with Crippen LogP contribution >= 0.6 is 0 Å². The summed E-state index contributed by atoms with van der Waals surface area (Å²) in [5.41, 5.74) is 19.9. The van der Waals surface area contributed by atoms with Crippen molar-refractivity contribution in [1.29, 1.82) is 0 Å². The molecular formula is C62H43NO. The van der Waals surface area contributed by atoms with Crippen molar-refractivity contribution in [1.82, 2.24) is 0 Å². The van der Waals surface area contributed by atoms with E-state index in [1.54, 1.807) is 0 Å². The smallest absolute Gasteiger partial charge is 0.143 e. The van der Waals surface area contributed by atoms with Crippen molar-refractivity contribution < 1.29 is 4.42 Å². The van der Waals surface area contributed by atoms with Crippen LogP contribution in [0.25, 0.3) is 94.4 Å². The van der Waals surface area contributed by atoms with E-state index in [4.69, 9.17) is 4.42 Å². The molecule has 12 rings (SSSR count). The monoisotopic (exact) mass is 817 g/mol. The third-order valence-corrected chi connectivity index (χ3v) is 13.0. The minimum Gasteiger partial charge on any atom is -0.455 e. The first-order valence-electron chi connectivity index (χ1n) is 22.2. The molecule has 1 heterocycles. The molecule has 1 aromatic heterocycles. The van der Waals surface area contributed by atoms with Crippen LogP contribution in [-0.4, -0.2) is 0 Å². The Balaban J connectivity index is 0.888. The van der Waals surface area contributed by atoms with Gasteiger partial charge in [0.25, 0.3) is 0 Å². The fourth-order valence-corrected chi connectivity index (χ4v) is 9.80. The van der Waals surface area contributed by atoms with Crippen molar-refractivity contribution in [2.45, 2.75) is 12.8 Å². The first-order chi connectivity index (χ1) is 31.7. The molecule has 11 aromatic rings. The summed E-state index contributed by atoms with van der Waals surface area (Å²) in [6.07, 6.45) is 6.81. The molecule has 0 unspecified atom stereocenters. The Morgan fingerprint density at radius 3 is 1.58 bits per heavy atom. The van der Waals surface area contributed by atoms with Gasteiger partial charge >= 0.3 is 0 Å². The van der Waals surface area contributed by atoms with Gasteiger partial charge in [-0.25, -0.2) is 0 Å². The van der Waals surface area contributed by atoms with Gasteiger partial charge in [-0.2, -0.15) is 0 Å². The van der Waals surface area contributed by atoms with E-state index < -0.39 is 0 Å². The number of allylic oxidation sites excluding steroid dienone is 1. The van der Waals surface area contributed by atoms with Gasteiger partial charge < -0.3 is 9.32 Å². The van der Waals surface area contributed by atoms with E-state index in [0.717, 1.165) is 63.0 Å². The van der Waals surface area contributed by atoms with Crippen LogP contribution in [0.3, 0.4) is 0 Å². The number of para-hydroxylation sites is 2. The summed E-state index contributed by atoms with van der Waals surface area (Å²) in [5.74, 6) is 0. The maximum atomic E-state index is 6.43. The summed E-state index contributed by atoms with van der Waals surface area (Å²) in [6, 6.07) is 81.3. The van der Waals surface area contributed by atoms with Crippen LogP contribution in [0.15, 0.2) is 235 Å². The number of aryl methyl sites for hydroxylation is 1. The lowest BCUT2D eigenvalue weighted by Crippen LogP contribution is -2.09. The second-order valence-electron chi connectivity index (χ2n) is 16.7. The molecule has 0 saturated carbocycles. The molecule has 0 saturated heterocycles. The van der Waals surface area contributed by atoms with E-state index in [0.29, 0.717) is 0 Å². The van der Waals surface area contributed by atoms with Gasteiger partial charge in [0.2, 0.25) is 0 Å². The predicted octanol–water partition coefficient (Wildman–Crippen LogP) is 17.5. The highest BCUT2D eigenvalue weighted by atomic mass is 16.3. The Morgan fingerprint density at radius 2 is 0.828 bits per heavy atom. The first-order valence-corrected chi connectivity index (χ1v) is 22.2. The van der Waals surface area contributed by atoms with E-state index in [2.05, 4.69) is 229 Å². The minimum absolute atomic E-state index is 0.906. The number of rotatable bonds is 8. The molecule has 1 aliphatic rings. The van der Waals surface area contributed by atoms with E-state index >= 15 is 0 Å². The quantitative estimate of drug-likeness (QED) is 0.152. The highest BCUT2D eigenvalue weighted by Gasteiger charge is 2.18. The SMILES string of the molecule is C1=Cc2c(cccc2-c2ccccc2-c2ccc(-c3ccc(N(c4ccc(-c5cccc6ccccc56)cc4)c4ccc(-c5cccc6c5oc5ccccc56)cc4)cc3)cc2)CC1. The lowest BCUT2D eigenvalue weighted by Gasteiger charge is -2.26. The molecule has 2 nitrogen and oxygen atoms in total. The third-order valence-electron chi connectivity index (χ3n) is 13.0. The Hall–Kier alpha value is -8.20. The van der Waals surface area contributed by atoms with Crippen LogP contribution in [-0.2, 0) is 6.42 Å². The van der Waals surface area contributed by atoms with Crippen LogP contribution in [0.4, 0.5) is 17.1 Å². The maximum absolute atomic E-state index is 6.43. The average molecular weight is 818 g/mol. The molecule has 0 atom stereocenters. The highest BCUT2D eigenvalue weighted by Crippen LogP contribution is 2.42. The molecule has 0 bridgehead atoms. The average Bonchev–Trinajstić information content (AvgIpc) is 3.76. The van der Waals surface area contributed by atoms with E-state index in [1.807, 2.05) is 12.1 Å². The van der Waals surface area contributed by atoms with Gasteiger partial charge in [-0.15, -0.1) is 0 Å². The van der Waals surface area contributed by atoms with Crippen LogP contribution < -0.4 is 4.90 Å². The zero-order chi connectivity index (χ0) is 42.4. The standard InChI is InChI=1S/C62H43NO/c1-3-16-52-44(12-1)14-9-21-53(52)47-32-38-50(39-33-47)63(51-40-34-48(35-41-51)56-22-11-24-60-59-20-7-8-25-61(59)64-62(56)60)49-36-30-43(31-37-49)42-26-28-46(29-27-42)55-18-5-6-19-57(55)58-23-10-15-45-13-2-4-17-54(45)58/h1,3-12,14-41H,2,13H2. The summed E-state index contributed by atoms with van der Waals surface area (Å²) < 4.78 is 6.43. The van der Waals surface area contributed by atoms with Gasteiger partial charge in [-0.1, -0.05) is 194 Å². The molecule has 0 aliphatic heterocycles. The lowest BCUT2D eigenvalue weighted by atomic mass is 9.86. The lowest BCUT2D eigenvalue weighted by molar-refractivity contribution is 0.670. The largest absolute Gasteiger partial charge is 0.455 e. The third kappa shape index (κ3) is 6.68. The number of nitrogens with zero attached hydrogens (tertiary/aromatic N) is 1. The maximum Gasteiger partial charge on any atom is 0.143 e. The molecule has 0 N–H and O–H groups in total. The van der Waals surface area contributed by atoms with Gasteiger partial charge in [-0.3, -0.25) is 0 Å². The summed E-state index contributed by atoms with van der Waals surface area (Å²) in [5, 5.41) is 4.77. The number of furan rings is 1. The molecule has 0 fully saturated rings. The second kappa shape index (κ2) is 15.9. The topological polar surface area (TPSA) is 16.4 Å². The first kappa shape index (κ1) is 37.6. The molecule has 0 spiro atoms. The van der Waals surface area contributed by atoms with E-state index in [9.17, 15) is 0 Å². The van der Waals surface area contributed by atoms with Crippen LogP contribution in [0.5, 0.6) is 0 Å². The van der Waals surface area contributed by atoms with Gasteiger partial charge in [0.15, 0.2) is 0 Å². The normalized spacial score (nSPS) is 12.2. The van der Waals surface area contributed by atoms with Crippen molar-refractivity contribution in [2.75, 3.05) is 4.90 Å². The number of hydrogen-bond acceptors (Lipinski definition) is 2. The molecule has 10 aromatic carbocycles. The summed E-state index contributed by atoms with van der Waals surface area (Å²) >= 11 is 0. The Labute approximate surface area is 373 Å². The Bertz CT molecular complexity index is 3510. The Kier molecular flexibility index (Phi) is 9.34. The van der Waals surface area contributed by atoms with Gasteiger partial charge in [-0.05, 0) is 127 Å². The summed E-state index contributed by atoms with van der Waals surface area (Å²) in [7, 11) is 0. The van der Waals surface area contributed by atoms with Crippen LogP contribution in [0, 0.1) is 0 Å². The fourth-order valence-electron chi connectivity index (χ4n) is 9.80. The molecular weight excluding hydrogens is 775 g/mol. The summed E-state index contributed by atoms with van der Waals surface area (Å²) in [6.45, 7) is 0. The predicted molar refractivity (Wildman–Crippen MR) is 270 cm³/mol. The van der Waals surface area contributed by atoms with Crippen LogP contribution in [0.2, 0.25) is 0 Å². The molecule has 302 valence electrons. The van der Waals surface area contributed by atoms with E-state index in [1.165, 1.54) is 66.4 Å². The molecule has 1 aliphatic carbocycles. The van der Waals surface area contributed by atoms with Gasteiger partial charge in [0.1, 0.15) is 11.2 Å². The zero-order valence-corrected chi connectivity index (χ0v) is 35.3. The number of fused-ring (bicyclic) bond motifs is 5. The highest BCUT2D eigenvalue weighted by molar-refractivity contribution is 6.09. The van der Waals surface area contributed by atoms with Gasteiger partial charge in [0, 0.05) is 33.4 Å². The van der Waals surface area contributed by atoms with Crippen LogP contribution in [0.1, 0.15) is 17.5 Å². The minimum atomic E-state index is 0.906. The number of anilines is 3. The second-order valence-corrected chi connectivity index (χ2v) is 16.7. The van der Waals surface area contributed by atoms with Gasteiger partial charge in [0.05, 0.1) is 0 Å². The summed E-state index contributed by atoms with van der Waals surface area (Å²) in [4.78, 5) is 2.35. The van der Waals surface area contributed by atoms with Crippen molar-refractivity contribution in [2.24, 2.45) is 0 Å². The van der Waals surface area contributed by atoms with E-state index in [-0.39, 0.29) is 0 Å². The van der Waals surface area contributed by atoms with Crippen molar-refractivity contribution >= 4 is 55.8 Å². The van der Waals surface area contributed by atoms with Crippen molar-refractivity contribution in [3.05, 3.63) is 242 Å². The van der Waals surface area contributed by atoms with Crippen molar-refractivity contribution in [3.63, 3.8) is 0 Å². The Morgan fingerprint density at radius 1 is 0.344 bits per heavy atom.